The Balaban J connectivity index is 0.00000180. The second-order valence-electron chi connectivity index (χ2n) is 4.82. The minimum atomic E-state index is -0.198. The van der Waals surface area contributed by atoms with E-state index in [-0.39, 0.29) is 30.2 Å². The molecule has 0 aliphatic carbocycles. The lowest BCUT2D eigenvalue weighted by Crippen LogP contribution is -2.31. The first-order valence-electron chi connectivity index (χ1n) is 6.25. The van der Waals surface area contributed by atoms with Gasteiger partial charge in [-0.25, -0.2) is 4.52 Å². The number of hydrogen-bond donors (Lipinski definition) is 1. The fraction of sp³-hybridized carbons (Fsp3) is 0.429. The monoisotopic (exact) mass is 281 g/mol. The summed E-state index contributed by atoms with van der Waals surface area (Å²) in [4.78, 5) is 12.5. The van der Waals surface area contributed by atoms with Crippen molar-refractivity contribution in [1.82, 2.24) is 14.9 Å². The van der Waals surface area contributed by atoms with E-state index in [4.69, 9.17) is 0 Å². The van der Waals surface area contributed by atoms with Crippen molar-refractivity contribution in [3.8, 4) is 0 Å². The predicted octanol–water partition coefficient (Wildman–Crippen LogP) is 2.67. The zero-order valence-corrected chi connectivity index (χ0v) is 12.5. The summed E-state index contributed by atoms with van der Waals surface area (Å²) in [6, 6.07) is 5.59. The van der Waals surface area contributed by atoms with Crippen LogP contribution in [0.4, 0.5) is 0 Å². The molecule has 0 saturated heterocycles. The zero-order valence-electron chi connectivity index (χ0n) is 11.7. The molecule has 0 amide bonds. The maximum atomic E-state index is 12.5. The Kier molecular flexibility index (Phi) is 5.09. The summed E-state index contributed by atoms with van der Waals surface area (Å²) < 4.78 is 1.78. The van der Waals surface area contributed by atoms with Crippen LogP contribution in [-0.2, 0) is 0 Å². The standard InChI is InChI=1S/C14H19N3O.ClH/c1-9(2)13-12(14(18)10(3)15-4)11-7-5-6-8-17(11)16-13;/h5-10,15H,1-4H3;1H. The molecule has 0 spiro atoms. The highest BCUT2D eigenvalue weighted by Gasteiger charge is 2.24. The highest BCUT2D eigenvalue weighted by molar-refractivity contribution is 6.06. The van der Waals surface area contributed by atoms with Gasteiger partial charge in [0.25, 0.3) is 0 Å². The number of fused-ring (bicyclic) bond motifs is 1. The van der Waals surface area contributed by atoms with Crippen LogP contribution in [0.25, 0.3) is 5.52 Å². The van der Waals surface area contributed by atoms with Gasteiger partial charge in [0.1, 0.15) is 0 Å². The number of carbonyl (C=O) groups is 1. The first-order valence-corrected chi connectivity index (χ1v) is 6.25. The van der Waals surface area contributed by atoms with Gasteiger partial charge in [-0.3, -0.25) is 4.79 Å². The molecule has 5 heteroatoms. The number of Topliss-reactive ketones (excluding diaryl/α,β-unsaturated/α-hetero) is 1. The molecule has 19 heavy (non-hydrogen) atoms. The first-order chi connectivity index (χ1) is 8.56. The number of likely N-dealkylation sites (N-methyl/N-ethyl adjacent to an activating group) is 1. The number of nitrogens with zero attached hydrogens (tertiary/aromatic N) is 2. The van der Waals surface area contributed by atoms with E-state index in [0.717, 1.165) is 16.8 Å². The number of ketones is 1. The van der Waals surface area contributed by atoms with Crippen LogP contribution in [0.5, 0.6) is 0 Å². The molecule has 0 saturated carbocycles. The number of carbonyl (C=O) groups excluding carboxylic acids is 1. The van der Waals surface area contributed by atoms with Crippen molar-refractivity contribution in [2.24, 2.45) is 0 Å². The molecule has 104 valence electrons. The minimum Gasteiger partial charge on any atom is -0.310 e. The summed E-state index contributed by atoms with van der Waals surface area (Å²) in [5.41, 5.74) is 2.49. The average Bonchev–Trinajstić information content (AvgIpc) is 2.76. The van der Waals surface area contributed by atoms with Crippen molar-refractivity contribution in [2.75, 3.05) is 7.05 Å². The third kappa shape index (κ3) is 2.80. The Morgan fingerprint density at radius 2 is 2.00 bits per heavy atom. The molecule has 0 aliphatic rings. The van der Waals surface area contributed by atoms with Crippen LogP contribution in [0.2, 0.25) is 0 Å². The molecule has 1 unspecified atom stereocenters. The maximum absolute atomic E-state index is 12.5. The molecule has 2 rings (SSSR count). The van der Waals surface area contributed by atoms with E-state index in [1.54, 1.807) is 11.6 Å². The number of nitrogens with one attached hydrogen (secondary N) is 1. The SMILES string of the molecule is CNC(C)C(=O)c1c(C(C)C)nn2ccccc12.Cl. The summed E-state index contributed by atoms with van der Waals surface area (Å²) in [6.07, 6.45) is 1.88. The van der Waals surface area contributed by atoms with Crippen molar-refractivity contribution >= 4 is 23.7 Å². The van der Waals surface area contributed by atoms with Gasteiger partial charge in [0.05, 0.1) is 22.8 Å². The van der Waals surface area contributed by atoms with E-state index in [1.807, 2.05) is 31.3 Å². The third-order valence-corrected chi connectivity index (χ3v) is 3.19. The van der Waals surface area contributed by atoms with Crippen molar-refractivity contribution in [3.05, 3.63) is 35.7 Å². The number of aromatic nitrogens is 2. The lowest BCUT2D eigenvalue weighted by Gasteiger charge is -2.10. The van der Waals surface area contributed by atoms with Gasteiger partial charge in [0.15, 0.2) is 5.78 Å². The highest BCUT2D eigenvalue weighted by atomic mass is 35.5. The van der Waals surface area contributed by atoms with Crippen molar-refractivity contribution in [2.45, 2.75) is 32.7 Å². The minimum absolute atomic E-state index is 0. The molecule has 0 aromatic carbocycles. The van der Waals surface area contributed by atoms with E-state index in [2.05, 4.69) is 24.3 Å². The summed E-state index contributed by atoms with van der Waals surface area (Å²) >= 11 is 0. The Morgan fingerprint density at radius 1 is 1.32 bits per heavy atom. The predicted molar refractivity (Wildman–Crippen MR) is 79.4 cm³/mol. The molecular weight excluding hydrogens is 262 g/mol. The smallest absolute Gasteiger partial charge is 0.183 e. The number of pyridine rings is 1. The topological polar surface area (TPSA) is 46.4 Å². The van der Waals surface area contributed by atoms with E-state index in [9.17, 15) is 4.79 Å². The van der Waals surface area contributed by atoms with Gasteiger partial charge in [-0.2, -0.15) is 5.10 Å². The van der Waals surface area contributed by atoms with Gasteiger partial charge >= 0.3 is 0 Å². The molecule has 2 heterocycles. The van der Waals surface area contributed by atoms with Crippen molar-refractivity contribution in [3.63, 3.8) is 0 Å². The summed E-state index contributed by atoms with van der Waals surface area (Å²) in [5.74, 6) is 0.329. The molecule has 2 aromatic rings. The van der Waals surface area contributed by atoms with E-state index < -0.39 is 0 Å². The summed E-state index contributed by atoms with van der Waals surface area (Å²) in [5, 5.41) is 7.52. The second-order valence-corrected chi connectivity index (χ2v) is 4.82. The summed E-state index contributed by atoms with van der Waals surface area (Å²) in [6.45, 7) is 5.99. The lowest BCUT2D eigenvalue weighted by molar-refractivity contribution is 0.0955. The van der Waals surface area contributed by atoms with Gasteiger partial charge in [0.2, 0.25) is 0 Å². The maximum Gasteiger partial charge on any atom is 0.183 e. The first kappa shape index (κ1) is 15.7. The van der Waals surface area contributed by atoms with E-state index in [1.165, 1.54) is 0 Å². The van der Waals surface area contributed by atoms with Gasteiger partial charge in [-0.05, 0) is 32.0 Å². The zero-order chi connectivity index (χ0) is 13.3. The molecule has 0 bridgehead atoms. The number of hydrogen-bond acceptors (Lipinski definition) is 3. The normalized spacial score (nSPS) is 12.5. The molecular formula is C14H20ClN3O. The van der Waals surface area contributed by atoms with Crippen LogP contribution in [0, 0.1) is 0 Å². The van der Waals surface area contributed by atoms with Gasteiger partial charge in [-0.15, -0.1) is 12.4 Å². The fourth-order valence-corrected chi connectivity index (χ4v) is 2.02. The quantitative estimate of drug-likeness (QED) is 0.877. The van der Waals surface area contributed by atoms with Crippen LogP contribution < -0.4 is 5.32 Å². The largest absolute Gasteiger partial charge is 0.310 e. The van der Waals surface area contributed by atoms with Gasteiger partial charge < -0.3 is 5.32 Å². The van der Waals surface area contributed by atoms with Gasteiger partial charge in [0, 0.05) is 6.20 Å². The Morgan fingerprint density at radius 3 is 2.58 bits per heavy atom. The Hall–Kier alpha value is -1.39. The van der Waals surface area contributed by atoms with E-state index >= 15 is 0 Å². The third-order valence-electron chi connectivity index (χ3n) is 3.19. The van der Waals surface area contributed by atoms with E-state index in [0.29, 0.717) is 0 Å². The number of halogens is 1. The van der Waals surface area contributed by atoms with Crippen LogP contribution in [0.15, 0.2) is 24.4 Å². The average molecular weight is 282 g/mol. The molecule has 0 radical (unpaired) electrons. The van der Waals surface area contributed by atoms with Gasteiger partial charge in [-0.1, -0.05) is 19.9 Å². The number of rotatable bonds is 4. The molecule has 4 nitrogen and oxygen atoms in total. The Labute approximate surface area is 119 Å². The van der Waals surface area contributed by atoms with Crippen molar-refractivity contribution < 1.29 is 4.79 Å². The second kappa shape index (κ2) is 6.17. The molecule has 1 N–H and O–H groups in total. The summed E-state index contributed by atoms with van der Waals surface area (Å²) in [7, 11) is 1.79. The van der Waals surface area contributed by atoms with Crippen molar-refractivity contribution in [1.29, 1.82) is 0 Å². The highest BCUT2D eigenvalue weighted by Crippen LogP contribution is 2.24. The fourth-order valence-electron chi connectivity index (χ4n) is 2.02. The van der Waals surface area contributed by atoms with Crippen LogP contribution in [-0.4, -0.2) is 28.5 Å². The van der Waals surface area contributed by atoms with Crippen LogP contribution in [0.1, 0.15) is 42.7 Å². The molecule has 2 aromatic heterocycles. The van der Waals surface area contributed by atoms with Crippen LogP contribution in [0.3, 0.4) is 0 Å². The molecule has 0 fully saturated rings. The molecule has 1 atom stereocenters. The Bertz CT molecular complexity index is 577. The molecule has 0 aliphatic heterocycles. The lowest BCUT2D eigenvalue weighted by atomic mass is 9.98. The van der Waals surface area contributed by atoms with Crippen LogP contribution >= 0.6 is 12.4 Å².